The molecule has 19 heavy (non-hydrogen) atoms. The summed E-state index contributed by atoms with van der Waals surface area (Å²) in [5, 5.41) is 0. The van der Waals surface area contributed by atoms with Crippen LogP contribution in [0.3, 0.4) is 0 Å². The van der Waals surface area contributed by atoms with Crippen LogP contribution in [0.2, 0.25) is 0 Å². The molecule has 1 aromatic heterocycles. The first-order valence-corrected chi connectivity index (χ1v) is 5.88. The number of carbonyl (C=O) groups excluding carboxylic acids is 1. The molecule has 3 aromatic rings. The first-order valence-electron chi connectivity index (χ1n) is 5.88. The molecule has 3 rings (SSSR count). The fraction of sp³-hybridized carbons (Fsp3) is 0. The minimum Gasteiger partial charge on any atom is -0.258 e. The average Bonchev–Trinajstić information content (AvgIpc) is 2.90. The molecular weight excluding hydrogens is 236 g/mol. The van der Waals surface area contributed by atoms with Crippen LogP contribution >= 0.6 is 0 Å². The zero-order chi connectivity index (χ0) is 13.1. The summed E-state index contributed by atoms with van der Waals surface area (Å²) in [6.07, 6.45) is 1.51. The van der Waals surface area contributed by atoms with Gasteiger partial charge in [-0.1, -0.05) is 36.3 Å². The van der Waals surface area contributed by atoms with Gasteiger partial charge in [0.15, 0.2) is 0 Å². The van der Waals surface area contributed by atoms with E-state index in [1.54, 1.807) is 0 Å². The second-order valence-corrected chi connectivity index (χ2v) is 4.02. The number of imidazole rings is 1. The van der Waals surface area contributed by atoms with Crippen molar-refractivity contribution in [2.45, 2.75) is 0 Å². The number of carbonyl (C=O) groups is 1. The minimum atomic E-state index is -0.280. The molecule has 0 saturated carbocycles. The molecule has 0 aliphatic rings. The summed E-state index contributed by atoms with van der Waals surface area (Å²) in [7, 11) is 0. The van der Waals surface area contributed by atoms with Gasteiger partial charge in [0.25, 0.3) is 0 Å². The van der Waals surface area contributed by atoms with E-state index < -0.39 is 0 Å². The Hall–Kier alpha value is -2.86. The number of fused-ring (bicyclic) bond motifs is 1. The van der Waals surface area contributed by atoms with Gasteiger partial charge in [-0.3, -0.25) is 9.36 Å². The summed E-state index contributed by atoms with van der Waals surface area (Å²) in [6, 6.07) is 16.9. The summed E-state index contributed by atoms with van der Waals surface area (Å²) < 4.78 is 1.46. The van der Waals surface area contributed by atoms with Crippen LogP contribution in [0.5, 0.6) is 0 Å². The smallest absolute Gasteiger partial charge is 0.258 e. The van der Waals surface area contributed by atoms with Crippen LogP contribution in [-0.4, -0.2) is 15.5 Å². The van der Waals surface area contributed by atoms with Crippen molar-refractivity contribution in [3.63, 3.8) is 0 Å². The van der Waals surface area contributed by atoms with Crippen molar-refractivity contribution in [3.8, 4) is 11.8 Å². The number of hydrogen-bond donors (Lipinski definition) is 0. The van der Waals surface area contributed by atoms with Gasteiger partial charge in [0.05, 0.1) is 11.0 Å². The van der Waals surface area contributed by atoms with Gasteiger partial charge in [-0.25, -0.2) is 4.98 Å². The molecule has 0 bridgehead atoms. The van der Waals surface area contributed by atoms with E-state index in [4.69, 9.17) is 0 Å². The highest BCUT2D eigenvalue weighted by Gasteiger charge is 2.06. The van der Waals surface area contributed by atoms with Crippen molar-refractivity contribution in [2.75, 3.05) is 0 Å². The number of para-hydroxylation sites is 2. The van der Waals surface area contributed by atoms with Gasteiger partial charge in [-0.05, 0) is 24.3 Å². The lowest BCUT2D eigenvalue weighted by atomic mass is 10.2. The zero-order valence-electron chi connectivity index (χ0n) is 10.1. The van der Waals surface area contributed by atoms with Gasteiger partial charge in [0.2, 0.25) is 0 Å². The van der Waals surface area contributed by atoms with E-state index in [1.807, 2.05) is 54.6 Å². The van der Waals surface area contributed by atoms with Crippen LogP contribution in [0.25, 0.3) is 11.0 Å². The maximum atomic E-state index is 12.0. The largest absolute Gasteiger partial charge is 0.308 e. The number of rotatable bonds is 0. The molecule has 1 heterocycles. The monoisotopic (exact) mass is 246 g/mol. The zero-order valence-corrected chi connectivity index (χ0v) is 10.1. The van der Waals surface area contributed by atoms with E-state index in [9.17, 15) is 4.79 Å². The van der Waals surface area contributed by atoms with Crippen molar-refractivity contribution in [3.05, 3.63) is 66.5 Å². The Bertz CT molecular complexity index is 791. The Morgan fingerprint density at radius 1 is 1.00 bits per heavy atom. The third-order valence-electron chi connectivity index (χ3n) is 2.76. The van der Waals surface area contributed by atoms with E-state index in [-0.39, 0.29) is 5.91 Å². The Morgan fingerprint density at radius 2 is 1.74 bits per heavy atom. The molecule has 0 aliphatic carbocycles. The van der Waals surface area contributed by atoms with Crippen LogP contribution in [0.4, 0.5) is 0 Å². The fourth-order valence-electron chi connectivity index (χ4n) is 1.83. The Labute approximate surface area is 110 Å². The number of hydrogen-bond acceptors (Lipinski definition) is 2. The highest BCUT2D eigenvalue weighted by Crippen LogP contribution is 2.11. The van der Waals surface area contributed by atoms with Crippen LogP contribution in [0.15, 0.2) is 60.9 Å². The molecule has 3 nitrogen and oxygen atoms in total. The van der Waals surface area contributed by atoms with Gasteiger partial charge in [0.1, 0.15) is 6.33 Å². The molecule has 0 fully saturated rings. The lowest BCUT2D eigenvalue weighted by Crippen LogP contribution is -2.05. The highest BCUT2D eigenvalue weighted by atomic mass is 16.1. The van der Waals surface area contributed by atoms with Crippen LogP contribution in [0.1, 0.15) is 10.4 Å². The van der Waals surface area contributed by atoms with E-state index in [1.165, 1.54) is 10.9 Å². The molecule has 0 aliphatic heterocycles. The standard InChI is InChI=1S/C16H10N2O/c19-16(11-10-13-6-2-1-3-7-13)18-12-17-14-8-4-5-9-15(14)18/h1-9,12H. The summed E-state index contributed by atoms with van der Waals surface area (Å²) in [5.41, 5.74) is 2.38. The van der Waals surface area contributed by atoms with Crippen molar-refractivity contribution in [2.24, 2.45) is 0 Å². The van der Waals surface area contributed by atoms with Crippen molar-refractivity contribution in [1.82, 2.24) is 9.55 Å². The molecule has 0 spiro atoms. The maximum absolute atomic E-state index is 12.0. The van der Waals surface area contributed by atoms with E-state index in [0.29, 0.717) is 0 Å². The molecule has 0 unspecified atom stereocenters. The fourth-order valence-corrected chi connectivity index (χ4v) is 1.83. The number of aromatic nitrogens is 2. The lowest BCUT2D eigenvalue weighted by Gasteiger charge is -1.95. The lowest BCUT2D eigenvalue weighted by molar-refractivity contribution is 0.0984. The number of benzene rings is 2. The van der Waals surface area contributed by atoms with Crippen LogP contribution < -0.4 is 0 Å². The third kappa shape index (κ3) is 2.24. The molecule has 0 atom stereocenters. The second kappa shape index (κ2) is 4.79. The maximum Gasteiger partial charge on any atom is 0.308 e. The molecule has 0 N–H and O–H groups in total. The second-order valence-electron chi connectivity index (χ2n) is 4.02. The van der Waals surface area contributed by atoms with E-state index in [2.05, 4.69) is 16.8 Å². The highest BCUT2D eigenvalue weighted by molar-refractivity contribution is 6.01. The predicted molar refractivity (Wildman–Crippen MR) is 73.7 cm³/mol. The van der Waals surface area contributed by atoms with Gasteiger partial charge in [-0.15, -0.1) is 0 Å². The molecule has 90 valence electrons. The van der Waals surface area contributed by atoms with E-state index in [0.717, 1.165) is 16.6 Å². The Kier molecular flexibility index (Phi) is 2.83. The van der Waals surface area contributed by atoms with E-state index >= 15 is 0 Å². The van der Waals surface area contributed by atoms with Crippen LogP contribution in [0, 0.1) is 11.8 Å². The molecule has 0 amide bonds. The Balaban J connectivity index is 1.95. The third-order valence-corrected chi connectivity index (χ3v) is 2.76. The minimum absolute atomic E-state index is 0.280. The molecule has 0 radical (unpaired) electrons. The SMILES string of the molecule is O=C(C#Cc1ccccc1)n1cnc2ccccc21. The van der Waals surface area contributed by atoms with Gasteiger partial charge in [0, 0.05) is 11.5 Å². The number of nitrogens with zero attached hydrogens (tertiary/aromatic N) is 2. The first-order chi connectivity index (χ1) is 9.34. The normalized spacial score (nSPS) is 9.89. The topological polar surface area (TPSA) is 34.9 Å². The summed E-state index contributed by atoms with van der Waals surface area (Å²) in [5.74, 6) is 5.20. The summed E-state index contributed by atoms with van der Waals surface area (Å²) in [4.78, 5) is 16.2. The van der Waals surface area contributed by atoms with Crippen molar-refractivity contribution < 1.29 is 4.79 Å². The molecule has 2 aromatic carbocycles. The molecule has 3 heteroatoms. The quantitative estimate of drug-likeness (QED) is 0.572. The predicted octanol–water partition coefficient (Wildman–Crippen LogP) is 2.73. The van der Waals surface area contributed by atoms with Gasteiger partial charge >= 0.3 is 5.91 Å². The average molecular weight is 246 g/mol. The van der Waals surface area contributed by atoms with Crippen molar-refractivity contribution in [1.29, 1.82) is 0 Å². The van der Waals surface area contributed by atoms with Gasteiger partial charge in [-0.2, -0.15) is 0 Å². The van der Waals surface area contributed by atoms with Crippen molar-refractivity contribution >= 4 is 16.9 Å². The molecule has 0 saturated heterocycles. The Morgan fingerprint density at radius 3 is 2.58 bits per heavy atom. The van der Waals surface area contributed by atoms with Gasteiger partial charge < -0.3 is 0 Å². The summed E-state index contributed by atoms with van der Waals surface area (Å²) in [6.45, 7) is 0. The molecular formula is C16H10N2O. The van der Waals surface area contributed by atoms with Crippen LogP contribution in [-0.2, 0) is 0 Å². The summed E-state index contributed by atoms with van der Waals surface area (Å²) >= 11 is 0. The first kappa shape index (κ1) is 11.2.